The maximum atomic E-state index is 12.1. The quantitative estimate of drug-likeness (QED) is 0.739. The van der Waals surface area contributed by atoms with Crippen LogP contribution >= 0.6 is 0 Å². The molecule has 1 saturated carbocycles. The highest BCUT2D eigenvalue weighted by molar-refractivity contribution is 7.89. The Morgan fingerprint density at radius 3 is 2.55 bits per heavy atom. The van der Waals surface area contributed by atoms with Gasteiger partial charge in [-0.2, -0.15) is 0 Å². The summed E-state index contributed by atoms with van der Waals surface area (Å²) in [5, 5.41) is 18.3. The SMILES string of the molecule is O=C(O)c1ccc(S(=O)(=O)NC2CCCCC2O)nc1. The molecule has 0 spiro atoms. The molecule has 1 aromatic rings. The van der Waals surface area contributed by atoms with E-state index < -0.39 is 28.1 Å². The lowest BCUT2D eigenvalue weighted by atomic mass is 9.93. The molecule has 7 nitrogen and oxygen atoms in total. The molecule has 0 aromatic carbocycles. The van der Waals surface area contributed by atoms with Crippen LogP contribution in [-0.4, -0.2) is 41.7 Å². The molecule has 1 aromatic heterocycles. The van der Waals surface area contributed by atoms with Crippen molar-refractivity contribution in [3.05, 3.63) is 23.9 Å². The Labute approximate surface area is 116 Å². The van der Waals surface area contributed by atoms with Crippen LogP contribution < -0.4 is 4.72 Å². The van der Waals surface area contributed by atoms with E-state index in [2.05, 4.69) is 9.71 Å². The summed E-state index contributed by atoms with van der Waals surface area (Å²) in [6, 6.07) is 1.80. The first-order valence-corrected chi connectivity index (χ1v) is 7.78. The van der Waals surface area contributed by atoms with Gasteiger partial charge in [-0.3, -0.25) is 0 Å². The number of pyridine rings is 1. The minimum absolute atomic E-state index is 0.0818. The Morgan fingerprint density at radius 2 is 2.00 bits per heavy atom. The summed E-state index contributed by atoms with van der Waals surface area (Å²) in [4.78, 5) is 14.3. The summed E-state index contributed by atoms with van der Waals surface area (Å²) in [7, 11) is -3.85. The molecule has 3 N–H and O–H groups in total. The summed E-state index contributed by atoms with van der Waals surface area (Å²) < 4.78 is 26.6. The number of hydrogen-bond donors (Lipinski definition) is 3. The average Bonchev–Trinajstić information content (AvgIpc) is 2.41. The first-order chi connectivity index (χ1) is 9.40. The number of nitrogens with zero attached hydrogens (tertiary/aromatic N) is 1. The molecule has 1 fully saturated rings. The van der Waals surface area contributed by atoms with Crippen molar-refractivity contribution in [2.75, 3.05) is 0 Å². The maximum Gasteiger partial charge on any atom is 0.337 e. The van der Waals surface area contributed by atoms with Crippen LogP contribution in [0.15, 0.2) is 23.4 Å². The highest BCUT2D eigenvalue weighted by atomic mass is 32.2. The number of hydrogen-bond acceptors (Lipinski definition) is 5. The van der Waals surface area contributed by atoms with Crippen molar-refractivity contribution >= 4 is 16.0 Å². The molecule has 8 heteroatoms. The predicted octanol–water partition coefficient (Wildman–Crippen LogP) is 0.362. The third kappa shape index (κ3) is 3.33. The number of aliphatic hydroxyl groups excluding tert-OH is 1. The van der Waals surface area contributed by atoms with Gasteiger partial charge >= 0.3 is 5.97 Å². The number of carboxylic acids is 1. The van der Waals surface area contributed by atoms with Crippen LogP contribution in [0.3, 0.4) is 0 Å². The molecule has 110 valence electrons. The van der Waals surface area contributed by atoms with Crippen LogP contribution in [-0.2, 0) is 10.0 Å². The van der Waals surface area contributed by atoms with Gasteiger partial charge in [-0.15, -0.1) is 0 Å². The van der Waals surface area contributed by atoms with Gasteiger partial charge in [-0.1, -0.05) is 12.8 Å². The van der Waals surface area contributed by atoms with E-state index in [-0.39, 0.29) is 10.6 Å². The lowest BCUT2D eigenvalue weighted by Gasteiger charge is -2.27. The number of carbonyl (C=O) groups is 1. The molecule has 1 aliphatic rings. The zero-order valence-electron chi connectivity index (χ0n) is 10.7. The monoisotopic (exact) mass is 300 g/mol. The molecule has 2 unspecified atom stereocenters. The molecule has 1 heterocycles. The van der Waals surface area contributed by atoms with E-state index >= 15 is 0 Å². The third-order valence-electron chi connectivity index (χ3n) is 3.29. The summed E-state index contributed by atoms with van der Waals surface area (Å²) in [6.45, 7) is 0. The van der Waals surface area contributed by atoms with Crippen molar-refractivity contribution < 1.29 is 23.4 Å². The van der Waals surface area contributed by atoms with Gasteiger partial charge in [-0.05, 0) is 25.0 Å². The molecule has 0 amide bonds. The number of carboxylic acid groups (broad SMARTS) is 1. The normalized spacial score (nSPS) is 23.4. The molecular weight excluding hydrogens is 284 g/mol. The fraction of sp³-hybridized carbons (Fsp3) is 0.500. The first-order valence-electron chi connectivity index (χ1n) is 6.30. The Kier molecular flexibility index (Phi) is 4.36. The highest BCUT2D eigenvalue weighted by Gasteiger charge is 2.28. The molecule has 2 atom stereocenters. The van der Waals surface area contributed by atoms with E-state index in [9.17, 15) is 18.3 Å². The summed E-state index contributed by atoms with van der Waals surface area (Å²) in [5.74, 6) is -1.17. The van der Waals surface area contributed by atoms with E-state index in [1.807, 2.05) is 0 Å². The van der Waals surface area contributed by atoms with Crippen molar-refractivity contribution in [1.82, 2.24) is 9.71 Å². The molecule has 20 heavy (non-hydrogen) atoms. The lowest BCUT2D eigenvalue weighted by Crippen LogP contribution is -2.45. The summed E-state index contributed by atoms with van der Waals surface area (Å²) >= 11 is 0. The summed E-state index contributed by atoms with van der Waals surface area (Å²) in [5.41, 5.74) is -0.0818. The van der Waals surface area contributed by atoms with Gasteiger partial charge in [0.15, 0.2) is 5.03 Å². The molecule has 0 bridgehead atoms. The minimum atomic E-state index is -3.85. The predicted molar refractivity (Wildman–Crippen MR) is 69.8 cm³/mol. The van der Waals surface area contributed by atoms with E-state index in [1.165, 1.54) is 6.07 Å². The minimum Gasteiger partial charge on any atom is -0.478 e. The molecular formula is C12H16N2O5S. The zero-order chi connectivity index (χ0) is 14.8. The number of aliphatic hydroxyl groups is 1. The number of aromatic nitrogens is 1. The van der Waals surface area contributed by atoms with E-state index in [4.69, 9.17) is 5.11 Å². The first kappa shape index (κ1) is 14.9. The van der Waals surface area contributed by atoms with Crippen molar-refractivity contribution in [2.24, 2.45) is 0 Å². The number of aromatic carboxylic acids is 1. The fourth-order valence-corrected chi connectivity index (χ4v) is 3.41. The van der Waals surface area contributed by atoms with E-state index in [0.717, 1.165) is 25.1 Å². The second kappa shape index (κ2) is 5.86. The third-order valence-corrected chi connectivity index (χ3v) is 4.70. The van der Waals surface area contributed by atoms with Crippen LogP contribution in [0.2, 0.25) is 0 Å². The van der Waals surface area contributed by atoms with Gasteiger partial charge < -0.3 is 10.2 Å². The Morgan fingerprint density at radius 1 is 1.30 bits per heavy atom. The fourth-order valence-electron chi connectivity index (χ4n) is 2.17. The van der Waals surface area contributed by atoms with Crippen LogP contribution in [0.25, 0.3) is 0 Å². The van der Waals surface area contributed by atoms with Crippen LogP contribution in [0.1, 0.15) is 36.0 Å². The Bertz CT molecular complexity index is 584. The number of rotatable bonds is 4. The second-order valence-electron chi connectivity index (χ2n) is 4.77. The van der Waals surface area contributed by atoms with Gasteiger partial charge in [-0.25, -0.2) is 22.9 Å². The molecule has 0 radical (unpaired) electrons. The summed E-state index contributed by atoms with van der Waals surface area (Å²) in [6.07, 6.45) is 3.18. The van der Waals surface area contributed by atoms with Gasteiger partial charge in [0, 0.05) is 12.2 Å². The number of nitrogens with one attached hydrogen (secondary N) is 1. The van der Waals surface area contributed by atoms with E-state index in [1.54, 1.807) is 0 Å². The van der Waals surface area contributed by atoms with Crippen LogP contribution in [0.5, 0.6) is 0 Å². The highest BCUT2D eigenvalue weighted by Crippen LogP contribution is 2.20. The zero-order valence-corrected chi connectivity index (χ0v) is 11.5. The lowest BCUT2D eigenvalue weighted by molar-refractivity contribution is 0.0696. The topological polar surface area (TPSA) is 117 Å². The largest absolute Gasteiger partial charge is 0.478 e. The Balaban J connectivity index is 2.15. The average molecular weight is 300 g/mol. The van der Waals surface area contributed by atoms with Crippen molar-refractivity contribution in [2.45, 2.75) is 42.9 Å². The van der Waals surface area contributed by atoms with Gasteiger partial charge in [0.1, 0.15) is 0 Å². The van der Waals surface area contributed by atoms with Gasteiger partial charge in [0.25, 0.3) is 10.0 Å². The molecule has 0 saturated heterocycles. The Hall–Kier alpha value is -1.51. The van der Waals surface area contributed by atoms with Crippen LogP contribution in [0.4, 0.5) is 0 Å². The molecule has 0 aliphatic heterocycles. The maximum absolute atomic E-state index is 12.1. The van der Waals surface area contributed by atoms with Gasteiger partial charge in [0.2, 0.25) is 0 Å². The second-order valence-corrected chi connectivity index (χ2v) is 6.43. The molecule has 1 aliphatic carbocycles. The van der Waals surface area contributed by atoms with Crippen LogP contribution in [0, 0.1) is 0 Å². The molecule has 2 rings (SSSR count). The standard InChI is InChI=1S/C12H16N2O5S/c15-10-4-2-1-3-9(10)14-20(18,19)11-6-5-8(7-13-11)12(16)17/h5-7,9-10,14-15H,1-4H2,(H,16,17). The van der Waals surface area contributed by atoms with Crippen molar-refractivity contribution in [3.8, 4) is 0 Å². The number of sulfonamides is 1. The van der Waals surface area contributed by atoms with E-state index in [0.29, 0.717) is 12.8 Å². The van der Waals surface area contributed by atoms with Gasteiger partial charge in [0.05, 0.1) is 11.7 Å². The van der Waals surface area contributed by atoms with Crippen molar-refractivity contribution in [1.29, 1.82) is 0 Å². The van der Waals surface area contributed by atoms with Crippen molar-refractivity contribution in [3.63, 3.8) is 0 Å². The smallest absolute Gasteiger partial charge is 0.337 e.